The molecule has 1 heterocycles. The van der Waals surface area contributed by atoms with E-state index in [-0.39, 0.29) is 34.3 Å². The summed E-state index contributed by atoms with van der Waals surface area (Å²) in [5, 5.41) is 2.78. The van der Waals surface area contributed by atoms with Crippen LogP contribution in [-0.4, -0.2) is 38.8 Å². The van der Waals surface area contributed by atoms with Gasteiger partial charge in [-0.2, -0.15) is 4.31 Å². The Hall–Kier alpha value is -2.16. The Morgan fingerprint density at radius 3 is 2.69 bits per heavy atom. The zero-order chi connectivity index (χ0) is 18.9. The number of nitrogens with one attached hydrogen (secondary N) is 1. The van der Waals surface area contributed by atoms with E-state index >= 15 is 0 Å². The molecular formula is C17H16ClFN2O4S. The van der Waals surface area contributed by atoms with Gasteiger partial charge in [-0.15, -0.1) is 0 Å². The van der Waals surface area contributed by atoms with Crippen LogP contribution in [-0.2, 0) is 14.8 Å². The molecule has 26 heavy (non-hydrogen) atoms. The summed E-state index contributed by atoms with van der Waals surface area (Å²) in [4.78, 5) is 12.2. The van der Waals surface area contributed by atoms with Crippen molar-refractivity contribution in [3.05, 3.63) is 58.9 Å². The number of hydrogen-bond acceptors (Lipinski definition) is 4. The lowest BCUT2D eigenvalue weighted by atomic mass is 10.0. The van der Waals surface area contributed by atoms with Crippen molar-refractivity contribution < 1.29 is 22.3 Å². The summed E-state index contributed by atoms with van der Waals surface area (Å²) in [6.07, 6.45) is 0. The van der Waals surface area contributed by atoms with Crippen LogP contribution in [0.3, 0.4) is 0 Å². The van der Waals surface area contributed by atoms with Crippen molar-refractivity contribution in [1.82, 2.24) is 9.62 Å². The molecule has 1 fully saturated rings. The normalized spacial score (nSPS) is 18.4. The number of methoxy groups -OCH3 is 1. The van der Waals surface area contributed by atoms with Crippen LogP contribution in [0, 0.1) is 5.82 Å². The Kier molecular flexibility index (Phi) is 5.17. The number of nitrogens with zero attached hydrogens (tertiary/aromatic N) is 1. The summed E-state index contributed by atoms with van der Waals surface area (Å²) in [7, 11) is -2.85. The molecule has 3 rings (SSSR count). The van der Waals surface area contributed by atoms with Crippen LogP contribution in [0.2, 0.25) is 5.02 Å². The minimum Gasteiger partial charge on any atom is -0.495 e. The number of piperazine rings is 1. The lowest BCUT2D eigenvalue weighted by Crippen LogP contribution is -2.52. The van der Waals surface area contributed by atoms with E-state index in [0.29, 0.717) is 0 Å². The van der Waals surface area contributed by atoms with Gasteiger partial charge in [0.05, 0.1) is 7.11 Å². The van der Waals surface area contributed by atoms with Crippen molar-refractivity contribution in [2.24, 2.45) is 0 Å². The molecule has 1 saturated heterocycles. The highest BCUT2D eigenvalue weighted by Crippen LogP contribution is 2.35. The van der Waals surface area contributed by atoms with Gasteiger partial charge in [-0.25, -0.2) is 12.8 Å². The summed E-state index contributed by atoms with van der Waals surface area (Å²) in [6, 6.07) is 8.45. The van der Waals surface area contributed by atoms with Gasteiger partial charge in [0, 0.05) is 23.7 Å². The van der Waals surface area contributed by atoms with E-state index in [4.69, 9.17) is 16.3 Å². The van der Waals surface area contributed by atoms with Gasteiger partial charge in [-0.05, 0) is 24.3 Å². The standard InChI is InChI=1S/C17H16ClFN2O4S/c1-25-14-7-6-11(18)10-15(14)26(23,24)21-9-8-20-17(22)16(21)12-4-2-3-5-13(12)19/h2-7,10,16H,8-9H2,1H3,(H,20,22). The average Bonchev–Trinajstić information content (AvgIpc) is 2.62. The van der Waals surface area contributed by atoms with Crippen LogP contribution in [0.25, 0.3) is 0 Å². The van der Waals surface area contributed by atoms with Gasteiger partial charge >= 0.3 is 0 Å². The van der Waals surface area contributed by atoms with E-state index in [1.165, 1.54) is 43.5 Å². The van der Waals surface area contributed by atoms with E-state index < -0.39 is 27.8 Å². The second-order valence-electron chi connectivity index (χ2n) is 5.63. The van der Waals surface area contributed by atoms with E-state index in [1.54, 1.807) is 6.07 Å². The number of carbonyl (C=O) groups excluding carboxylic acids is 1. The zero-order valence-electron chi connectivity index (χ0n) is 13.8. The first-order valence-corrected chi connectivity index (χ1v) is 9.55. The van der Waals surface area contributed by atoms with Crippen molar-refractivity contribution in [2.75, 3.05) is 20.2 Å². The van der Waals surface area contributed by atoms with Gasteiger partial charge in [-0.1, -0.05) is 29.8 Å². The molecule has 1 atom stereocenters. The van der Waals surface area contributed by atoms with E-state index in [0.717, 1.165) is 4.31 Å². The van der Waals surface area contributed by atoms with Crippen molar-refractivity contribution in [3.8, 4) is 5.75 Å². The molecule has 1 unspecified atom stereocenters. The highest BCUT2D eigenvalue weighted by molar-refractivity contribution is 7.89. The summed E-state index contributed by atoms with van der Waals surface area (Å²) in [5.41, 5.74) is -0.0192. The average molecular weight is 399 g/mol. The maximum absolute atomic E-state index is 14.3. The number of ether oxygens (including phenoxy) is 1. The van der Waals surface area contributed by atoms with Crippen LogP contribution >= 0.6 is 11.6 Å². The number of halogens is 2. The Bertz CT molecular complexity index is 952. The van der Waals surface area contributed by atoms with Gasteiger partial charge in [-0.3, -0.25) is 4.79 Å². The summed E-state index contributed by atoms with van der Waals surface area (Å²) in [5.74, 6) is -1.16. The third kappa shape index (κ3) is 3.27. The topological polar surface area (TPSA) is 75.7 Å². The first kappa shape index (κ1) is 18.6. The minimum atomic E-state index is -4.18. The van der Waals surface area contributed by atoms with Gasteiger partial charge in [0.25, 0.3) is 0 Å². The number of benzene rings is 2. The molecule has 138 valence electrons. The van der Waals surface area contributed by atoms with Crippen molar-refractivity contribution >= 4 is 27.5 Å². The second-order valence-corrected chi connectivity index (χ2v) is 7.92. The monoisotopic (exact) mass is 398 g/mol. The lowest BCUT2D eigenvalue weighted by Gasteiger charge is -2.34. The Labute approximate surface area is 155 Å². The first-order chi connectivity index (χ1) is 12.4. The van der Waals surface area contributed by atoms with Crippen molar-refractivity contribution in [2.45, 2.75) is 10.9 Å². The maximum Gasteiger partial charge on any atom is 0.247 e. The molecule has 2 aromatic carbocycles. The highest BCUT2D eigenvalue weighted by atomic mass is 35.5. The molecule has 0 bridgehead atoms. The van der Waals surface area contributed by atoms with E-state index in [1.807, 2.05) is 0 Å². The maximum atomic E-state index is 14.3. The molecule has 1 aliphatic heterocycles. The molecule has 0 saturated carbocycles. The molecule has 1 N–H and O–H groups in total. The van der Waals surface area contributed by atoms with Gasteiger partial charge in [0.1, 0.15) is 22.5 Å². The van der Waals surface area contributed by atoms with E-state index in [2.05, 4.69) is 5.32 Å². The highest BCUT2D eigenvalue weighted by Gasteiger charge is 2.41. The van der Waals surface area contributed by atoms with Gasteiger partial charge < -0.3 is 10.1 Å². The first-order valence-electron chi connectivity index (χ1n) is 7.74. The number of rotatable bonds is 4. The molecular weight excluding hydrogens is 383 g/mol. The Morgan fingerprint density at radius 2 is 2.00 bits per heavy atom. The zero-order valence-corrected chi connectivity index (χ0v) is 15.3. The molecule has 0 spiro atoms. The van der Waals surface area contributed by atoms with Gasteiger partial charge in [0.15, 0.2) is 0 Å². The molecule has 0 aliphatic carbocycles. The number of amides is 1. The molecule has 9 heteroatoms. The fourth-order valence-corrected chi connectivity index (χ4v) is 4.87. The van der Waals surface area contributed by atoms with Crippen molar-refractivity contribution in [3.63, 3.8) is 0 Å². The third-order valence-electron chi connectivity index (χ3n) is 4.08. The number of hydrogen-bond donors (Lipinski definition) is 1. The van der Waals surface area contributed by atoms with Crippen LogP contribution in [0.4, 0.5) is 4.39 Å². The molecule has 2 aromatic rings. The fraction of sp³-hybridized carbons (Fsp3) is 0.235. The van der Waals surface area contributed by atoms with Crippen molar-refractivity contribution in [1.29, 1.82) is 0 Å². The third-order valence-corrected chi connectivity index (χ3v) is 6.20. The predicted molar refractivity (Wildman–Crippen MR) is 94.0 cm³/mol. The summed E-state index contributed by atoms with van der Waals surface area (Å²) in [6.45, 7) is 0.106. The van der Waals surface area contributed by atoms with Crippen LogP contribution < -0.4 is 10.1 Å². The number of sulfonamides is 1. The van der Waals surface area contributed by atoms with E-state index in [9.17, 15) is 17.6 Å². The lowest BCUT2D eigenvalue weighted by molar-refractivity contribution is -0.127. The quantitative estimate of drug-likeness (QED) is 0.857. The second kappa shape index (κ2) is 7.22. The Balaban J connectivity index is 2.15. The van der Waals surface area contributed by atoms with Gasteiger partial charge in [0.2, 0.25) is 15.9 Å². The van der Waals surface area contributed by atoms with Crippen LogP contribution in [0.15, 0.2) is 47.4 Å². The molecule has 1 aliphatic rings. The Morgan fingerprint density at radius 1 is 1.27 bits per heavy atom. The smallest absolute Gasteiger partial charge is 0.247 e. The molecule has 0 aromatic heterocycles. The van der Waals surface area contributed by atoms with Crippen LogP contribution in [0.5, 0.6) is 5.75 Å². The summed E-state index contributed by atoms with van der Waals surface area (Å²) < 4.78 is 46.9. The molecule has 1 amide bonds. The molecule has 6 nitrogen and oxygen atoms in total. The van der Waals surface area contributed by atoms with Crippen LogP contribution in [0.1, 0.15) is 11.6 Å². The molecule has 0 radical (unpaired) electrons. The predicted octanol–water partition coefficient (Wildman–Crippen LogP) is 2.35. The fourth-order valence-electron chi connectivity index (χ4n) is 2.88. The largest absolute Gasteiger partial charge is 0.495 e. The SMILES string of the molecule is COc1ccc(Cl)cc1S(=O)(=O)N1CCNC(=O)C1c1ccccc1F. The minimum absolute atomic E-state index is 0.0112. The number of carbonyl (C=O) groups is 1. The summed E-state index contributed by atoms with van der Waals surface area (Å²) >= 11 is 5.95.